The highest BCUT2D eigenvalue weighted by molar-refractivity contribution is 7.99. The molecule has 1 aliphatic carbocycles. The van der Waals surface area contributed by atoms with Crippen LogP contribution in [0.5, 0.6) is 0 Å². The van der Waals surface area contributed by atoms with Crippen LogP contribution in [0.25, 0.3) is 0 Å². The molecule has 144 valence electrons. The molecule has 1 fully saturated rings. The predicted octanol–water partition coefficient (Wildman–Crippen LogP) is 7.65. The lowest BCUT2D eigenvalue weighted by molar-refractivity contribution is 0.571. The van der Waals surface area contributed by atoms with Gasteiger partial charge in [0.1, 0.15) is 0 Å². The van der Waals surface area contributed by atoms with Gasteiger partial charge in [-0.15, -0.1) is 0 Å². The lowest BCUT2D eigenvalue weighted by Crippen LogP contribution is -2.13. The Morgan fingerprint density at radius 2 is 1.58 bits per heavy atom. The summed E-state index contributed by atoms with van der Waals surface area (Å²) in [5.74, 6) is 8.07. The van der Waals surface area contributed by atoms with Crippen LogP contribution in [0.1, 0.15) is 102 Å². The van der Waals surface area contributed by atoms with E-state index >= 15 is 0 Å². The minimum Gasteiger partial charge on any atom is -0.154 e. The molecule has 0 radical (unpaired) electrons. The molecule has 0 amide bonds. The van der Waals surface area contributed by atoms with E-state index in [1.807, 2.05) is 0 Å². The second-order valence-corrected chi connectivity index (χ2v) is 11.3. The van der Waals surface area contributed by atoms with E-state index in [2.05, 4.69) is 84.2 Å². The zero-order chi connectivity index (χ0) is 19.4. The van der Waals surface area contributed by atoms with E-state index in [4.69, 9.17) is 0 Å². The third-order valence-electron chi connectivity index (χ3n) is 5.23. The van der Waals surface area contributed by atoms with Gasteiger partial charge in [0, 0.05) is 22.0 Å². The van der Waals surface area contributed by atoms with E-state index in [0.717, 1.165) is 11.0 Å². The van der Waals surface area contributed by atoms with Crippen molar-refractivity contribution in [1.82, 2.24) is 0 Å². The summed E-state index contributed by atoms with van der Waals surface area (Å²) < 4.78 is 0. The van der Waals surface area contributed by atoms with Crippen molar-refractivity contribution in [3.05, 3.63) is 34.4 Å². The number of thioether (sulfide) groups is 1. The molecule has 0 unspecified atom stereocenters. The highest BCUT2D eigenvalue weighted by Gasteiger charge is 2.19. The normalized spacial score (nSPS) is 16.7. The molecular formula is C25H38S. The molecule has 0 bridgehead atoms. The fraction of sp³-hybridized carbons (Fsp3) is 0.680. The topological polar surface area (TPSA) is 0 Å². The minimum absolute atomic E-state index is 0.0411. The fourth-order valence-electron chi connectivity index (χ4n) is 3.36. The van der Waals surface area contributed by atoms with Crippen LogP contribution in [0, 0.1) is 24.2 Å². The average Bonchev–Trinajstić information content (AvgIpc) is 2.79. The molecule has 0 spiro atoms. The third kappa shape index (κ3) is 6.70. The van der Waals surface area contributed by atoms with Gasteiger partial charge >= 0.3 is 0 Å². The Balaban J connectivity index is 2.29. The van der Waals surface area contributed by atoms with Crippen molar-refractivity contribution >= 4 is 11.8 Å². The molecule has 0 saturated heterocycles. The Morgan fingerprint density at radius 3 is 2.12 bits per heavy atom. The fourth-order valence-corrected chi connectivity index (χ4v) is 4.74. The molecule has 2 rings (SSSR count). The van der Waals surface area contributed by atoms with Crippen LogP contribution >= 0.6 is 11.8 Å². The van der Waals surface area contributed by atoms with Crippen molar-refractivity contribution in [1.29, 1.82) is 0 Å². The second-order valence-electron chi connectivity index (χ2n) is 9.98. The van der Waals surface area contributed by atoms with E-state index in [1.54, 1.807) is 0 Å². The maximum atomic E-state index is 3.49. The van der Waals surface area contributed by atoms with Gasteiger partial charge in [-0.05, 0) is 68.7 Å². The van der Waals surface area contributed by atoms with E-state index in [-0.39, 0.29) is 10.8 Å². The van der Waals surface area contributed by atoms with E-state index in [0.29, 0.717) is 0 Å². The zero-order valence-electron chi connectivity index (χ0n) is 18.1. The molecule has 0 aliphatic heterocycles. The maximum absolute atomic E-state index is 3.49. The van der Waals surface area contributed by atoms with E-state index in [1.165, 1.54) is 60.8 Å². The second kappa shape index (κ2) is 8.88. The number of rotatable bonds is 3. The SMILES string of the molecule is Cc1c(C#CC(C)(C)C)cc(C(C)(C)C)cc1CSC1CCCCCC1. The summed E-state index contributed by atoms with van der Waals surface area (Å²) >= 11 is 2.18. The first kappa shape index (κ1) is 21.4. The highest BCUT2D eigenvalue weighted by atomic mass is 32.2. The Morgan fingerprint density at radius 1 is 0.962 bits per heavy atom. The first-order valence-electron chi connectivity index (χ1n) is 10.3. The Hall–Kier alpha value is -0.870. The largest absolute Gasteiger partial charge is 0.154 e. The van der Waals surface area contributed by atoms with Crippen molar-refractivity contribution in [3.8, 4) is 11.8 Å². The van der Waals surface area contributed by atoms with Gasteiger partial charge in [-0.2, -0.15) is 11.8 Å². The molecule has 1 aromatic carbocycles. The summed E-state index contributed by atoms with van der Waals surface area (Å²) in [5.41, 5.74) is 5.72. The van der Waals surface area contributed by atoms with Crippen molar-refractivity contribution in [3.63, 3.8) is 0 Å². The Labute approximate surface area is 166 Å². The molecule has 1 aromatic rings. The van der Waals surface area contributed by atoms with Gasteiger partial charge in [-0.25, -0.2) is 0 Å². The van der Waals surface area contributed by atoms with Gasteiger partial charge < -0.3 is 0 Å². The van der Waals surface area contributed by atoms with Gasteiger partial charge in [-0.1, -0.05) is 64.4 Å². The standard InChI is InChI=1S/C25H38S/c1-19-20(14-15-24(2,3)4)16-22(25(5,6)7)17-21(19)18-26-23-12-10-8-9-11-13-23/h16-17,23H,8-13,18H2,1-7H3. The Kier molecular flexibility index (Phi) is 7.32. The predicted molar refractivity (Wildman–Crippen MR) is 119 cm³/mol. The Bertz CT molecular complexity index is 650. The van der Waals surface area contributed by atoms with Crippen LogP contribution < -0.4 is 0 Å². The van der Waals surface area contributed by atoms with Crippen molar-refractivity contribution in [2.45, 2.75) is 103 Å². The van der Waals surface area contributed by atoms with Gasteiger partial charge in [0.2, 0.25) is 0 Å². The number of benzene rings is 1. The molecule has 1 aliphatic rings. The smallest absolute Gasteiger partial charge is 0.0280 e. The minimum atomic E-state index is 0.0411. The monoisotopic (exact) mass is 370 g/mol. The molecule has 0 aromatic heterocycles. The molecule has 0 N–H and O–H groups in total. The summed E-state index contributed by atoms with van der Waals surface area (Å²) in [4.78, 5) is 0. The lowest BCUT2D eigenvalue weighted by Gasteiger charge is -2.23. The molecule has 0 nitrogen and oxygen atoms in total. The quantitative estimate of drug-likeness (QED) is 0.389. The summed E-state index contributed by atoms with van der Waals surface area (Å²) in [6, 6.07) is 4.77. The number of hydrogen-bond donors (Lipinski definition) is 0. The van der Waals surface area contributed by atoms with Gasteiger partial charge in [-0.3, -0.25) is 0 Å². The lowest BCUT2D eigenvalue weighted by atomic mass is 9.83. The molecule has 26 heavy (non-hydrogen) atoms. The summed E-state index contributed by atoms with van der Waals surface area (Å²) in [6.07, 6.45) is 8.50. The zero-order valence-corrected chi connectivity index (χ0v) is 18.9. The molecule has 0 atom stereocenters. The van der Waals surface area contributed by atoms with Crippen LogP contribution in [-0.4, -0.2) is 5.25 Å². The van der Waals surface area contributed by atoms with Gasteiger partial charge in [0.05, 0.1) is 0 Å². The van der Waals surface area contributed by atoms with Crippen molar-refractivity contribution in [2.75, 3.05) is 0 Å². The van der Waals surface area contributed by atoms with Crippen LogP contribution in [0.3, 0.4) is 0 Å². The maximum Gasteiger partial charge on any atom is 0.0280 e. The first-order chi connectivity index (χ1) is 12.1. The average molecular weight is 371 g/mol. The third-order valence-corrected chi connectivity index (χ3v) is 6.65. The van der Waals surface area contributed by atoms with E-state index in [9.17, 15) is 0 Å². The highest BCUT2D eigenvalue weighted by Crippen LogP contribution is 2.33. The summed E-state index contributed by atoms with van der Waals surface area (Å²) in [6.45, 7) is 15.7. The van der Waals surface area contributed by atoms with Crippen LogP contribution in [0.4, 0.5) is 0 Å². The van der Waals surface area contributed by atoms with Crippen LogP contribution in [-0.2, 0) is 11.2 Å². The summed E-state index contributed by atoms with van der Waals surface area (Å²) in [5, 5.41) is 0.847. The van der Waals surface area contributed by atoms with Crippen molar-refractivity contribution in [2.24, 2.45) is 5.41 Å². The van der Waals surface area contributed by atoms with Crippen LogP contribution in [0.2, 0.25) is 0 Å². The molecule has 1 heteroatoms. The van der Waals surface area contributed by atoms with E-state index < -0.39 is 0 Å². The number of hydrogen-bond acceptors (Lipinski definition) is 1. The van der Waals surface area contributed by atoms with Gasteiger partial charge in [0.15, 0.2) is 0 Å². The van der Waals surface area contributed by atoms with Gasteiger partial charge in [0.25, 0.3) is 0 Å². The van der Waals surface area contributed by atoms with Crippen molar-refractivity contribution < 1.29 is 0 Å². The van der Waals surface area contributed by atoms with Crippen LogP contribution in [0.15, 0.2) is 12.1 Å². The molecule has 1 saturated carbocycles. The first-order valence-corrected chi connectivity index (χ1v) is 11.4. The summed E-state index contributed by atoms with van der Waals surface area (Å²) in [7, 11) is 0. The molecule has 0 heterocycles. The molecular weight excluding hydrogens is 332 g/mol.